The van der Waals surface area contributed by atoms with Crippen molar-refractivity contribution in [2.75, 3.05) is 7.05 Å². The van der Waals surface area contributed by atoms with Gasteiger partial charge in [0.2, 0.25) is 0 Å². The lowest BCUT2D eigenvalue weighted by molar-refractivity contribution is 0.618. The number of rotatable bonds is 3. The van der Waals surface area contributed by atoms with E-state index >= 15 is 0 Å². The van der Waals surface area contributed by atoms with E-state index < -0.39 is 0 Å². The Morgan fingerprint density at radius 1 is 1.05 bits per heavy atom. The topological polar surface area (TPSA) is 12.0 Å². The zero-order valence-corrected chi connectivity index (χ0v) is 13.8. The van der Waals surface area contributed by atoms with E-state index in [9.17, 15) is 4.39 Å². The van der Waals surface area contributed by atoms with Gasteiger partial charge in [-0.15, -0.1) is 0 Å². The lowest BCUT2D eigenvalue weighted by Gasteiger charge is -2.23. The Kier molecular flexibility index (Phi) is 4.61. The number of nitrogens with one attached hydrogen (secondary N) is 1. The Morgan fingerprint density at radius 2 is 1.65 bits per heavy atom. The van der Waals surface area contributed by atoms with Gasteiger partial charge in [0.05, 0.1) is 6.04 Å². The fourth-order valence-corrected chi connectivity index (χ4v) is 3.22. The monoisotopic (exact) mass is 335 g/mol. The van der Waals surface area contributed by atoms with Crippen LogP contribution in [0.5, 0.6) is 0 Å². The van der Waals surface area contributed by atoms with E-state index in [4.69, 9.17) is 0 Å². The second-order valence-corrected chi connectivity index (χ2v) is 5.95. The van der Waals surface area contributed by atoms with E-state index in [1.807, 2.05) is 27.0 Å². The number of halogens is 2. The summed E-state index contributed by atoms with van der Waals surface area (Å²) in [4.78, 5) is 0. The van der Waals surface area contributed by atoms with Gasteiger partial charge in [0, 0.05) is 4.47 Å². The molecule has 0 aliphatic carbocycles. The molecule has 2 aromatic rings. The van der Waals surface area contributed by atoms with Crippen molar-refractivity contribution in [1.29, 1.82) is 0 Å². The molecule has 0 bridgehead atoms. The average molecular weight is 336 g/mol. The molecule has 1 N–H and O–H groups in total. The largest absolute Gasteiger partial charge is 0.309 e. The molecule has 2 rings (SSSR count). The molecule has 0 fully saturated rings. The van der Waals surface area contributed by atoms with Gasteiger partial charge in [-0.05, 0) is 67.8 Å². The number of aryl methyl sites for hydroxylation is 3. The van der Waals surface area contributed by atoms with Gasteiger partial charge >= 0.3 is 0 Å². The maximum absolute atomic E-state index is 13.5. The predicted molar refractivity (Wildman–Crippen MR) is 85.7 cm³/mol. The van der Waals surface area contributed by atoms with E-state index in [2.05, 4.69) is 40.3 Å². The van der Waals surface area contributed by atoms with Gasteiger partial charge in [0.1, 0.15) is 5.82 Å². The van der Waals surface area contributed by atoms with Crippen LogP contribution < -0.4 is 5.32 Å². The molecule has 0 heterocycles. The summed E-state index contributed by atoms with van der Waals surface area (Å²) in [5.74, 6) is -0.179. The van der Waals surface area contributed by atoms with Gasteiger partial charge in [-0.3, -0.25) is 0 Å². The highest BCUT2D eigenvalue weighted by molar-refractivity contribution is 9.10. The van der Waals surface area contributed by atoms with Crippen LogP contribution in [0.25, 0.3) is 0 Å². The van der Waals surface area contributed by atoms with E-state index in [-0.39, 0.29) is 11.9 Å². The predicted octanol–water partition coefficient (Wildman–Crippen LogP) is 4.82. The van der Waals surface area contributed by atoms with Gasteiger partial charge in [-0.25, -0.2) is 4.39 Å². The van der Waals surface area contributed by atoms with E-state index in [1.165, 1.54) is 11.1 Å². The maximum Gasteiger partial charge on any atom is 0.123 e. The van der Waals surface area contributed by atoms with Crippen molar-refractivity contribution in [3.05, 3.63) is 68.4 Å². The van der Waals surface area contributed by atoms with Crippen molar-refractivity contribution < 1.29 is 4.39 Å². The third-order valence-electron chi connectivity index (χ3n) is 3.67. The molecule has 1 nitrogen and oxygen atoms in total. The number of hydrogen-bond donors (Lipinski definition) is 1. The van der Waals surface area contributed by atoms with Crippen LogP contribution in [0.4, 0.5) is 4.39 Å². The normalized spacial score (nSPS) is 12.5. The molecular weight excluding hydrogens is 317 g/mol. The first-order chi connectivity index (χ1) is 9.45. The van der Waals surface area contributed by atoms with Crippen molar-refractivity contribution >= 4 is 15.9 Å². The van der Waals surface area contributed by atoms with E-state index in [0.29, 0.717) is 0 Å². The third kappa shape index (κ3) is 2.79. The first-order valence-corrected chi connectivity index (χ1v) is 7.44. The molecule has 1 unspecified atom stereocenters. The minimum Gasteiger partial charge on any atom is -0.309 e. The van der Waals surface area contributed by atoms with Crippen molar-refractivity contribution in [1.82, 2.24) is 5.32 Å². The van der Waals surface area contributed by atoms with Crippen LogP contribution in [0, 0.1) is 26.6 Å². The van der Waals surface area contributed by atoms with Crippen LogP contribution in [0.1, 0.15) is 33.9 Å². The molecule has 20 heavy (non-hydrogen) atoms. The van der Waals surface area contributed by atoms with Crippen LogP contribution in [-0.4, -0.2) is 7.05 Å². The maximum atomic E-state index is 13.5. The Morgan fingerprint density at radius 3 is 2.20 bits per heavy atom. The molecule has 0 saturated heterocycles. The highest BCUT2D eigenvalue weighted by atomic mass is 79.9. The van der Waals surface area contributed by atoms with Gasteiger partial charge < -0.3 is 5.32 Å². The number of benzene rings is 2. The Balaban J connectivity index is 2.62. The molecule has 0 radical (unpaired) electrons. The van der Waals surface area contributed by atoms with Crippen LogP contribution in [0.2, 0.25) is 0 Å². The third-order valence-corrected chi connectivity index (χ3v) is 4.75. The Labute approximate surface area is 128 Å². The molecule has 0 amide bonds. The highest BCUT2D eigenvalue weighted by Crippen LogP contribution is 2.33. The minimum absolute atomic E-state index is 0.0462. The molecular formula is C17H19BrFN. The molecule has 2 aromatic carbocycles. The lowest BCUT2D eigenvalue weighted by atomic mass is 9.90. The van der Waals surface area contributed by atoms with Crippen LogP contribution in [0.3, 0.4) is 0 Å². The SMILES string of the molecule is CNC(c1cccc(C)c1Br)c1c(C)cc(F)cc1C. The zero-order valence-electron chi connectivity index (χ0n) is 12.2. The Hall–Kier alpha value is -1.19. The van der Waals surface area contributed by atoms with Gasteiger partial charge in [-0.2, -0.15) is 0 Å². The van der Waals surface area contributed by atoms with Crippen LogP contribution in [-0.2, 0) is 0 Å². The fraction of sp³-hybridized carbons (Fsp3) is 0.294. The second-order valence-electron chi connectivity index (χ2n) is 5.15. The molecule has 3 heteroatoms. The van der Waals surface area contributed by atoms with Gasteiger partial charge in [0.15, 0.2) is 0 Å². The van der Waals surface area contributed by atoms with Crippen molar-refractivity contribution in [3.63, 3.8) is 0 Å². The van der Waals surface area contributed by atoms with E-state index in [0.717, 1.165) is 21.2 Å². The van der Waals surface area contributed by atoms with Gasteiger partial charge in [0.25, 0.3) is 0 Å². The summed E-state index contributed by atoms with van der Waals surface area (Å²) < 4.78 is 14.6. The molecule has 1 atom stereocenters. The molecule has 0 spiro atoms. The average Bonchev–Trinajstić information content (AvgIpc) is 2.37. The highest BCUT2D eigenvalue weighted by Gasteiger charge is 2.20. The summed E-state index contributed by atoms with van der Waals surface area (Å²) in [6, 6.07) is 9.45. The minimum atomic E-state index is -0.179. The summed E-state index contributed by atoms with van der Waals surface area (Å²) in [5, 5.41) is 3.35. The lowest BCUT2D eigenvalue weighted by Crippen LogP contribution is -2.20. The van der Waals surface area contributed by atoms with Crippen molar-refractivity contribution in [2.24, 2.45) is 0 Å². The fourth-order valence-electron chi connectivity index (χ4n) is 2.73. The Bertz CT molecular complexity index is 614. The van der Waals surface area contributed by atoms with E-state index in [1.54, 1.807) is 12.1 Å². The van der Waals surface area contributed by atoms with Crippen LogP contribution >= 0.6 is 15.9 Å². The summed E-state index contributed by atoms with van der Waals surface area (Å²) in [6.45, 7) is 5.99. The molecule has 0 aromatic heterocycles. The van der Waals surface area contributed by atoms with Crippen LogP contribution in [0.15, 0.2) is 34.8 Å². The number of hydrogen-bond acceptors (Lipinski definition) is 1. The van der Waals surface area contributed by atoms with Crippen molar-refractivity contribution in [2.45, 2.75) is 26.8 Å². The molecule has 106 valence electrons. The summed E-state index contributed by atoms with van der Waals surface area (Å²) >= 11 is 3.67. The summed E-state index contributed by atoms with van der Waals surface area (Å²) in [5.41, 5.74) is 5.44. The zero-order chi connectivity index (χ0) is 14.9. The molecule has 0 aliphatic rings. The second kappa shape index (κ2) is 6.06. The summed E-state index contributed by atoms with van der Waals surface area (Å²) in [7, 11) is 1.93. The first-order valence-electron chi connectivity index (χ1n) is 6.64. The first kappa shape index (κ1) is 15.2. The van der Waals surface area contributed by atoms with Crippen molar-refractivity contribution in [3.8, 4) is 0 Å². The van der Waals surface area contributed by atoms with Gasteiger partial charge in [-0.1, -0.05) is 34.1 Å². The molecule has 0 saturated carbocycles. The smallest absolute Gasteiger partial charge is 0.123 e. The quantitative estimate of drug-likeness (QED) is 0.847. The standard InChI is InChI=1S/C17H19BrFN/c1-10-6-5-7-14(16(10)18)17(20-4)15-11(2)8-13(19)9-12(15)3/h5-9,17,20H,1-4H3. The molecule has 0 aliphatic heterocycles. The summed E-state index contributed by atoms with van der Waals surface area (Å²) in [6.07, 6.45) is 0.